The summed E-state index contributed by atoms with van der Waals surface area (Å²) >= 11 is 0. The van der Waals surface area contributed by atoms with Crippen LogP contribution in [0.2, 0.25) is 0 Å². The number of hydrogen-bond donors (Lipinski definition) is 1. The molecule has 1 aromatic heterocycles. The Morgan fingerprint density at radius 1 is 1.04 bits per heavy atom. The Balaban J connectivity index is 1.69. The van der Waals surface area contributed by atoms with Crippen molar-refractivity contribution in [2.45, 2.75) is 19.8 Å². The first-order valence-corrected chi connectivity index (χ1v) is 8.93. The molecule has 0 fully saturated rings. The van der Waals surface area contributed by atoms with E-state index >= 15 is 0 Å². The van der Waals surface area contributed by atoms with Crippen LogP contribution in [-0.2, 0) is 0 Å². The van der Waals surface area contributed by atoms with E-state index in [4.69, 9.17) is 0 Å². The van der Waals surface area contributed by atoms with E-state index in [9.17, 15) is 0 Å². The standard InChI is InChI=1S/C22H24N2/c1-2-12-24-13-10-18(11-14-24)21-16-23-22-9-8-19(15-20(21)22)17-6-4-3-5-7-17/h3-10,15-16,23H,2,11-14H2,1H3. The number of fused-ring (bicyclic) bond motifs is 1. The van der Waals surface area contributed by atoms with Crippen LogP contribution in [0, 0.1) is 0 Å². The third-order valence-electron chi connectivity index (χ3n) is 4.97. The predicted octanol–water partition coefficient (Wildman–Crippen LogP) is 5.33. The summed E-state index contributed by atoms with van der Waals surface area (Å²) in [5, 5.41) is 1.34. The topological polar surface area (TPSA) is 19.0 Å². The van der Waals surface area contributed by atoms with Crippen LogP contribution in [-0.4, -0.2) is 29.5 Å². The molecule has 24 heavy (non-hydrogen) atoms. The highest BCUT2D eigenvalue weighted by molar-refractivity contribution is 5.95. The molecular formula is C22H24N2. The number of nitrogens with one attached hydrogen (secondary N) is 1. The Morgan fingerprint density at radius 3 is 2.67 bits per heavy atom. The minimum Gasteiger partial charge on any atom is -0.361 e. The number of rotatable bonds is 4. The molecule has 2 heterocycles. The van der Waals surface area contributed by atoms with Gasteiger partial charge in [-0.3, -0.25) is 4.90 Å². The van der Waals surface area contributed by atoms with Gasteiger partial charge in [-0.1, -0.05) is 49.4 Å². The summed E-state index contributed by atoms with van der Waals surface area (Å²) < 4.78 is 0. The van der Waals surface area contributed by atoms with Gasteiger partial charge in [-0.2, -0.15) is 0 Å². The first-order chi connectivity index (χ1) is 11.8. The molecular weight excluding hydrogens is 292 g/mol. The van der Waals surface area contributed by atoms with Crippen molar-refractivity contribution in [3.63, 3.8) is 0 Å². The number of aromatic amines is 1. The van der Waals surface area contributed by atoms with E-state index < -0.39 is 0 Å². The molecule has 2 heteroatoms. The van der Waals surface area contributed by atoms with Crippen LogP contribution >= 0.6 is 0 Å². The van der Waals surface area contributed by atoms with Gasteiger partial charge in [0, 0.05) is 35.8 Å². The number of hydrogen-bond acceptors (Lipinski definition) is 1. The Morgan fingerprint density at radius 2 is 1.92 bits per heavy atom. The van der Waals surface area contributed by atoms with Crippen molar-refractivity contribution < 1.29 is 0 Å². The Labute approximate surface area is 143 Å². The maximum atomic E-state index is 3.45. The Hall–Kier alpha value is -2.32. The normalized spacial score (nSPS) is 15.6. The van der Waals surface area contributed by atoms with Crippen molar-refractivity contribution in [2.24, 2.45) is 0 Å². The van der Waals surface area contributed by atoms with E-state index in [0.717, 1.165) is 13.0 Å². The zero-order chi connectivity index (χ0) is 16.4. The second-order valence-corrected chi connectivity index (χ2v) is 6.61. The fourth-order valence-electron chi connectivity index (χ4n) is 3.67. The van der Waals surface area contributed by atoms with E-state index in [1.165, 1.54) is 52.7 Å². The van der Waals surface area contributed by atoms with Crippen molar-refractivity contribution >= 4 is 16.5 Å². The number of H-pyrrole nitrogens is 1. The highest BCUT2D eigenvalue weighted by atomic mass is 15.1. The van der Waals surface area contributed by atoms with Gasteiger partial charge in [-0.15, -0.1) is 0 Å². The van der Waals surface area contributed by atoms with Gasteiger partial charge in [0.15, 0.2) is 0 Å². The van der Waals surface area contributed by atoms with Crippen LogP contribution in [0.25, 0.3) is 27.6 Å². The lowest BCUT2D eigenvalue weighted by Gasteiger charge is -2.25. The maximum absolute atomic E-state index is 3.45. The molecule has 4 rings (SSSR count). The summed E-state index contributed by atoms with van der Waals surface area (Å²) in [5.74, 6) is 0. The monoisotopic (exact) mass is 316 g/mol. The molecule has 1 aliphatic heterocycles. The summed E-state index contributed by atoms with van der Waals surface area (Å²) in [6.07, 6.45) is 6.97. The number of nitrogens with zero attached hydrogens (tertiary/aromatic N) is 1. The molecule has 0 aliphatic carbocycles. The van der Waals surface area contributed by atoms with Crippen LogP contribution in [0.1, 0.15) is 25.3 Å². The quantitative estimate of drug-likeness (QED) is 0.689. The molecule has 3 aromatic rings. The zero-order valence-corrected chi connectivity index (χ0v) is 14.3. The van der Waals surface area contributed by atoms with Crippen LogP contribution in [0.15, 0.2) is 60.8 Å². The fourth-order valence-corrected chi connectivity index (χ4v) is 3.67. The van der Waals surface area contributed by atoms with Gasteiger partial charge < -0.3 is 4.98 Å². The molecule has 0 radical (unpaired) electrons. The summed E-state index contributed by atoms with van der Waals surface area (Å²) in [6.45, 7) is 5.71. The molecule has 0 amide bonds. The Kier molecular flexibility index (Phi) is 4.22. The summed E-state index contributed by atoms with van der Waals surface area (Å²) in [6, 6.07) is 17.4. The maximum Gasteiger partial charge on any atom is 0.0460 e. The SMILES string of the molecule is CCCN1CC=C(c2c[nH]c3ccc(-c4ccccc4)cc23)CC1. The van der Waals surface area contributed by atoms with E-state index in [1.807, 2.05) is 0 Å². The minimum absolute atomic E-state index is 1.08. The first kappa shape index (κ1) is 15.2. The molecule has 0 atom stereocenters. The smallest absolute Gasteiger partial charge is 0.0460 e. The number of aromatic nitrogens is 1. The zero-order valence-electron chi connectivity index (χ0n) is 14.3. The van der Waals surface area contributed by atoms with Crippen LogP contribution in [0.4, 0.5) is 0 Å². The van der Waals surface area contributed by atoms with Gasteiger partial charge >= 0.3 is 0 Å². The summed E-state index contributed by atoms with van der Waals surface area (Å²) in [7, 11) is 0. The molecule has 0 unspecified atom stereocenters. The molecule has 0 bridgehead atoms. The van der Waals surface area contributed by atoms with Crippen LogP contribution < -0.4 is 0 Å². The molecule has 1 aliphatic rings. The van der Waals surface area contributed by atoms with Crippen molar-refractivity contribution in [3.8, 4) is 11.1 Å². The van der Waals surface area contributed by atoms with E-state index in [2.05, 4.69) is 77.6 Å². The molecule has 0 saturated carbocycles. The molecule has 2 nitrogen and oxygen atoms in total. The third kappa shape index (κ3) is 2.90. The molecule has 1 N–H and O–H groups in total. The van der Waals surface area contributed by atoms with Gasteiger partial charge in [0.05, 0.1) is 0 Å². The summed E-state index contributed by atoms with van der Waals surface area (Å²) in [4.78, 5) is 5.98. The largest absolute Gasteiger partial charge is 0.361 e. The molecule has 0 saturated heterocycles. The van der Waals surface area contributed by atoms with Crippen molar-refractivity contribution in [2.75, 3.05) is 19.6 Å². The average Bonchev–Trinajstić information content (AvgIpc) is 3.06. The van der Waals surface area contributed by atoms with Gasteiger partial charge in [0.25, 0.3) is 0 Å². The second kappa shape index (κ2) is 6.66. The lowest BCUT2D eigenvalue weighted by molar-refractivity contribution is 0.302. The first-order valence-electron chi connectivity index (χ1n) is 8.93. The molecule has 2 aromatic carbocycles. The predicted molar refractivity (Wildman–Crippen MR) is 103 cm³/mol. The molecule has 122 valence electrons. The van der Waals surface area contributed by atoms with Crippen LogP contribution in [0.3, 0.4) is 0 Å². The van der Waals surface area contributed by atoms with Crippen molar-refractivity contribution in [1.29, 1.82) is 0 Å². The second-order valence-electron chi connectivity index (χ2n) is 6.61. The van der Waals surface area contributed by atoms with Crippen molar-refractivity contribution in [1.82, 2.24) is 9.88 Å². The fraction of sp³-hybridized carbons (Fsp3) is 0.273. The van der Waals surface area contributed by atoms with E-state index in [0.29, 0.717) is 0 Å². The van der Waals surface area contributed by atoms with Crippen molar-refractivity contribution in [3.05, 3.63) is 66.4 Å². The summed E-state index contributed by atoms with van der Waals surface area (Å²) in [5.41, 5.74) is 6.64. The lowest BCUT2D eigenvalue weighted by Crippen LogP contribution is -2.29. The average molecular weight is 316 g/mol. The minimum atomic E-state index is 1.08. The molecule has 0 spiro atoms. The number of benzene rings is 2. The highest BCUT2D eigenvalue weighted by Gasteiger charge is 2.15. The van der Waals surface area contributed by atoms with Gasteiger partial charge in [0.1, 0.15) is 0 Å². The van der Waals surface area contributed by atoms with Gasteiger partial charge in [-0.25, -0.2) is 0 Å². The van der Waals surface area contributed by atoms with E-state index in [-0.39, 0.29) is 0 Å². The highest BCUT2D eigenvalue weighted by Crippen LogP contribution is 2.32. The Bertz CT molecular complexity index is 858. The van der Waals surface area contributed by atoms with Crippen LogP contribution in [0.5, 0.6) is 0 Å². The van der Waals surface area contributed by atoms with Gasteiger partial charge in [0.2, 0.25) is 0 Å². The van der Waals surface area contributed by atoms with E-state index in [1.54, 1.807) is 0 Å². The third-order valence-corrected chi connectivity index (χ3v) is 4.97. The van der Waals surface area contributed by atoms with Gasteiger partial charge in [-0.05, 0) is 48.2 Å². The lowest BCUT2D eigenvalue weighted by atomic mass is 9.96.